The average Bonchev–Trinajstić information content (AvgIpc) is 2.66. The number of hydrogen-bond acceptors (Lipinski definition) is 5. The Balaban J connectivity index is 3.68. The van der Waals surface area contributed by atoms with Crippen LogP contribution in [0.1, 0.15) is 90.4 Å². The Morgan fingerprint density at radius 2 is 1.41 bits per heavy atom. The van der Waals surface area contributed by atoms with E-state index in [1.807, 2.05) is 6.08 Å². The Hall–Kier alpha value is -0.950. The lowest BCUT2D eigenvalue weighted by molar-refractivity contribution is -0.154. The van der Waals surface area contributed by atoms with Crippen molar-refractivity contribution in [1.29, 1.82) is 0 Å². The Morgan fingerprint density at radius 3 is 1.85 bits per heavy atom. The number of allylic oxidation sites excluding steroid dienone is 1. The van der Waals surface area contributed by atoms with E-state index < -0.39 is 30.3 Å². The summed E-state index contributed by atoms with van der Waals surface area (Å²) in [6.07, 6.45) is 15.8. The molecular formula is C21H41NO5. The van der Waals surface area contributed by atoms with Crippen molar-refractivity contribution in [2.24, 2.45) is 5.73 Å². The van der Waals surface area contributed by atoms with Crippen molar-refractivity contribution in [2.75, 3.05) is 6.61 Å². The maximum Gasteiger partial charge on any atom is 0.328 e. The minimum Gasteiger partial charge on any atom is -0.480 e. The van der Waals surface area contributed by atoms with E-state index in [0.29, 0.717) is 0 Å². The zero-order valence-electron chi connectivity index (χ0n) is 17.0. The highest BCUT2D eigenvalue weighted by molar-refractivity contribution is 5.79. The quantitative estimate of drug-likeness (QED) is 0.182. The van der Waals surface area contributed by atoms with E-state index >= 15 is 0 Å². The summed E-state index contributed by atoms with van der Waals surface area (Å²) < 4.78 is 0. The summed E-state index contributed by atoms with van der Waals surface area (Å²) in [5.41, 5.74) is 3.20. The van der Waals surface area contributed by atoms with Gasteiger partial charge in [0.1, 0.15) is 6.10 Å². The molecule has 0 aliphatic heterocycles. The summed E-state index contributed by atoms with van der Waals surface area (Å²) in [6, 6.07) is 0. The van der Waals surface area contributed by atoms with Gasteiger partial charge >= 0.3 is 5.97 Å². The van der Waals surface area contributed by atoms with E-state index in [0.717, 1.165) is 12.8 Å². The highest BCUT2D eigenvalue weighted by Crippen LogP contribution is 2.15. The van der Waals surface area contributed by atoms with Gasteiger partial charge in [-0.25, -0.2) is 0 Å². The molecule has 0 saturated heterocycles. The number of hydrogen-bond donors (Lipinski definition) is 5. The number of carboxylic acid groups (broad SMARTS) is 1. The third-order valence-electron chi connectivity index (χ3n) is 5.07. The molecule has 0 spiro atoms. The van der Waals surface area contributed by atoms with Crippen molar-refractivity contribution in [3.63, 3.8) is 0 Å². The SMILES string of the molecule is CCCCCCCCCCCCCC=CC[C@@H](O)[C@H](O)[C@@](N)(CO)C(=O)O. The van der Waals surface area contributed by atoms with Crippen molar-refractivity contribution in [3.05, 3.63) is 12.2 Å². The van der Waals surface area contributed by atoms with E-state index in [-0.39, 0.29) is 6.42 Å². The molecule has 0 heterocycles. The molecule has 6 heteroatoms. The molecule has 0 bridgehead atoms. The van der Waals surface area contributed by atoms with Gasteiger partial charge in [-0.3, -0.25) is 4.79 Å². The maximum absolute atomic E-state index is 11.0. The Morgan fingerprint density at radius 1 is 0.926 bits per heavy atom. The van der Waals surface area contributed by atoms with Gasteiger partial charge in [-0.05, 0) is 19.3 Å². The summed E-state index contributed by atoms with van der Waals surface area (Å²) in [7, 11) is 0. The highest BCUT2D eigenvalue weighted by Gasteiger charge is 2.44. The van der Waals surface area contributed by atoms with Crippen molar-refractivity contribution >= 4 is 5.97 Å². The van der Waals surface area contributed by atoms with Crippen molar-refractivity contribution < 1.29 is 25.2 Å². The van der Waals surface area contributed by atoms with Gasteiger partial charge in [0.25, 0.3) is 0 Å². The predicted molar refractivity (Wildman–Crippen MR) is 108 cm³/mol. The Kier molecular flexibility index (Phi) is 15.5. The second-order valence-corrected chi connectivity index (χ2v) is 7.55. The van der Waals surface area contributed by atoms with Gasteiger partial charge in [-0.2, -0.15) is 0 Å². The minimum absolute atomic E-state index is 0.103. The van der Waals surface area contributed by atoms with Gasteiger partial charge in [-0.1, -0.05) is 83.3 Å². The standard InChI is InChI=1S/C21H41NO5/c1-2-3-4-5-6-7-8-9-10-11-12-13-14-15-16-18(24)19(25)21(22,17-23)20(26)27/h14-15,18-19,23-25H,2-13,16-17,22H2,1H3,(H,26,27)/t18-,19+,21+/m1/s1. The molecule has 0 aliphatic rings. The number of aliphatic hydroxyl groups excluding tert-OH is 3. The fourth-order valence-electron chi connectivity index (χ4n) is 3.04. The first kappa shape index (κ1) is 26.1. The van der Waals surface area contributed by atoms with Crippen LogP contribution in [0.25, 0.3) is 0 Å². The summed E-state index contributed by atoms with van der Waals surface area (Å²) in [5.74, 6) is -1.54. The van der Waals surface area contributed by atoms with Crippen LogP contribution in [0.5, 0.6) is 0 Å². The number of unbranched alkanes of at least 4 members (excludes halogenated alkanes) is 11. The maximum atomic E-state index is 11.0. The molecule has 0 aliphatic carbocycles. The molecule has 6 N–H and O–H groups in total. The lowest BCUT2D eigenvalue weighted by Crippen LogP contribution is -2.63. The van der Waals surface area contributed by atoms with Crippen molar-refractivity contribution in [1.82, 2.24) is 0 Å². The third kappa shape index (κ3) is 11.5. The molecule has 0 unspecified atom stereocenters. The lowest BCUT2D eigenvalue weighted by Gasteiger charge is -2.30. The zero-order valence-corrected chi connectivity index (χ0v) is 17.0. The molecule has 0 aromatic rings. The minimum atomic E-state index is -2.25. The fraction of sp³-hybridized carbons (Fsp3) is 0.857. The highest BCUT2D eigenvalue weighted by atomic mass is 16.4. The van der Waals surface area contributed by atoms with Crippen LogP contribution in [0.4, 0.5) is 0 Å². The Bertz CT molecular complexity index is 402. The first-order valence-electron chi connectivity index (χ1n) is 10.5. The zero-order chi connectivity index (χ0) is 20.5. The summed E-state index contributed by atoms with van der Waals surface area (Å²) in [6.45, 7) is 1.30. The molecule has 0 radical (unpaired) electrons. The Labute approximate surface area is 164 Å². The molecule has 0 rings (SSSR count). The van der Waals surface area contributed by atoms with Crippen LogP contribution in [0.2, 0.25) is 0 Å². The molecule has 0 aromatic heterocycles. The predicted octanol–water partition coefficient (Wildman–Crippen LogP) is 3.13. The van der Waals surface area contributed by atoms with Crippen LogP contribution >= 0.6 is 0 Å². The number of carbonyl (C=O) groups is 1. The van der Waals surface area contributed by atoms with Gasteiger partial charge in [0.05, 0.1) is 12.7 Å². The molecule has 27 heavy (non-hydrogen) atoms. The van der Waals surface area contributed by atoms with Crippen molar-refractivity contribution in [3.8, 4) is 0 Å². The van der Waals surface area contributed by atoms with Gasteiger partial charge < -0.3 is 26.2 Å². The second-order valence-electron chi connectivity index (χ2n) is 7.55. The van der Waals surface area contributed by atoms with Crippen LogP contribution in [0.15, 0.2) is 12.2 Å². The van der Waals surface area contributed by atoms with Crippen LogP contribution in [-0.2, 0) is 4.79 Å². The summed E-state index contributed by atoms with van der Waals surface area (Å²) in [4.78, 5) is 11.0. The summed E-state index contributed by atoms with van der Waals surface area (Å²) >= 11 is 0. The number of aliphatic carboxylic acids is 1. The van der Waals surface area contributed by atoms with E-state index in [9.17, 15) is 15.0 Å². The number of nitrogens with two attached hydrogens (primary N) is 1. The number of carboxylic acids is 1. The van der Waals surface area contributed by atoms with Gasteiger partial charge in [-0.15, -0.1) is 0 Å². The van der Waals surface area contributed by atoms with Crippen LogP contribution in [0, 0.1) is 0 Å². The van der Waals surface area contributed by atoms with E-state index in [4.69, 9.17) is 15.9 Å². The van der Waals surface area contributed by atoms with Gasteiger partial charge in [0, 0.05) is 0 Å². The van der Waals surface area contributed by atoms with E-state index in [1.54, 1.807) is 6.08 Å². The topological polar surface area (TPSA) is 124 Å². The van der Waals surface area contributed by atoms with E-state index in [1.165, 1.54) is 64.2 Å². The van der Waals surface area contributed by atoms with E-state index in [2.05, 4.69) is 6.92 Å². The first-order chi connectivity index (χ1) is 12.9. The van der Waals surface area contributed by atoms with Crippen LogP contribution < -0.4 is 5.73 Å². The number of aliphatic hydroxyl groups is 3. The molecule has 0 saturated carbocycles. The molecule has 0 amide bonds. The molecule has 0 aromatic carbocycles. The monoisotopic (exact) mass is 387 g/mol. The van der Waals surface area contributed by atoms with Gasteiger partial charge in [0.15, 0.2) is 5.54 Å². The molecule has 3 atom stereocenters. The first-order valence-corrected chi connectivity index (χ1v) is 10.5. The lowest BCUT2D eigenvalue weighted by atomic mass is 9.89. The van der Waals surface area contributed by atoms with Crippen LogP contribution in [-0.4, -0.2) is 50.7 Å². The molecule has 160 valence electrons. The smallest absolute Gasteiger partial charge is 0.328 e. The largest absolute Gasteiger partial charge is 0.480 e. The number of rotatable bonds is 18. The normalized spacial score (nSPS) is 16.3. The summed E-state index contributed by atoms with van der Waals surface area (Å²) in [5, 5.41) is 37.8. The third-order valence-corrected chi connectivity index (χ3v) is 5.07. The van der Waals surface area contributed by atoms with Crippen molar-refractivity contribution in [2.45, 2.75) is 108 Å². The molecular weight excluding hydrogens is 346 g/mol. The van der Waals surface area contributed by atoms with Gasteiger partial charge in [0.2, 0.25) is 0 Å². The fourth-order valence-corrected chi connectivity index (χ4v) is 3.04. The second kappa shape index (κ2) is 16.0. The van der Waals surface area contributed by atoms with Crippen LogP contribution in [0.3, 0.4) is 0 Å². The average molecular weight is 388 g/mol. The molecule has 0 fully saturated rings. The molecule has 6 nitrogen and oxygen atoms in total.